The summed E-state index contributed by atoms with van der Waals surface area (Å²) in [7, 11) is -5.12. The summed E-state index contributed by atoms with van der Waals surface area (Å²) in [6.45, 7) is -2.26. The molecule has 11 nitrogen and oxygen atoms in total. The molecule has 0 saturated heterocycles. The van der Waals surface area contributed by atoms with Crippen molar-refractivity contribution in [2.75, 3.05) is 26.2 Å². The Bertz CT molecular complexity index is 1020. The minimum atomic E-state index is -5.12. The van der Waals surface area contributed by atoms with Crippen LogP contribution in [0.4, 0.5) is 30.7 Å². The Hall–Kier alpha value is -2.27. The minimum absolute atomic E-state index is 0.0727. The van der Waals surface area contributed by atoms with Crippen molar-refractivity contribution >= 4 is 13.5 Å². The summed E-state index contributed by atoms with van der Waals surface area (Å²) >= 11 is 0. The Morgan fingerprint density at radius 1 is 1.11 bits per heavy atom. The number of amides is 1. The van der Waals surface area contributed by atoms with Gasteiger partial charge in [0.1, 0.15) is 6.35 Å². The lowest BCUT2D eigenvalue weighted by atomic mass is 10.3. The summed E-state index contributed by atoms with van der Waals surface area (Å²) in [6, 6.07) is 0. The standard InChI is InChI=1S/C17H23F7N3O8P/c1-3-4-5-33-26-13(28)12-11(18)14(29)27(15(30)25-12)6-10(2)32-9-36(31,34-7-16(19,20)21)35-8-17(22,23)24/h10H,3-9H2,1-2H3,(H,25,30)(H,26,28)/t10-/m1/s1. The Labute approximate surface area is 198 Å². The molecule has 2 N–H and O–H groups in total. The number of aromatic amines is 1. The lowest BCUT2D eigenvalue weighted by Crippen LogP contribution is -2.43. The molecule has 208 valence electrons. The van der Waals surface area contributed by atoms with Gasteiger partial charge in [0.15, 0.2) is 18.9 Å². The second-order valence-corrected chi connectivity index (χ2v) is 9.16. The molecule has 0 bridgehead atoms. The fraction of sp³-hybridized carbons (Fsp3) is 0.706. The average Bonchev–Trinajstić information content (AvgIpc) is 2.77. The van der Waals surface area contributed by atoms with Crippen LogP contribution in [0.3, 0.4) is 0 Å². The SMILES string of the molecule is CCCCONC(=O)c1[nH]c(=O)n(C[C@@H](C)OCP(=O)(OCC(F)(F)F)OCC(F)(F)F)c(=O)c1F. The molecule has 1 amide bonds. The smallest absolute Gasteiger partial charge is 0.364 e. The number of hydrogen-bond donors (Lipinski definition) is 2. The topological polar surface area (TPSA) is 138 Å². The first-order chi connectivity index (χ1) is 16.5. The summed E-state index contributed by atoms with van der Waals surface area (Å²) in [5, 5.41) is 0. The number of H-pyrrole nitrogens is 1. The molecule has 0 fully saturated rings. The van der Waals surface area contributed by atoms with Gasteiger partial charge in [-0.2, -0.15) is 30.7 Å². The number of halogens is 7. The van der Waals surface area contributed by atoms with Crippen molar-refractivity contribution in [3.05, 3.63) is 32.3 Å². The molecule has 1 aromatic heterocycles. The second-order valence-electron chi connectivity index (χ2n) is 7.16. The van der Waals surface area contributed by atoms with Gasteiger partial charge in [0, 0.05) is 0 Å². The zero-order chi connectivity index (χ0) is 27.7. The van der Waals surface area contributed by atoms with Gasteiger partial charge in [0.25, 0.3) is 11.5 Å². The van der Waals surface area contributed by atoms with Crippen molar-refractivity contribution in [1.29, 1.82) is 0 Å². The van der Waals surface area contributed by atoms with Crippen LogP contribution < -0.4 is 16.7 Å². The maximum atomic E-state index is 14.4. The van der Waals surface area contributed by atoms with E-state index in [-0.39, 0.29) is 11.2 Å². The fourth-order valence-corrected chi connectivity index (χ4v) is 3.58. The number of hydrogen-bond acceptors (Lipinski definition) is 8. The number of nitrogens with zero attached hydrogens (tertiary/aromatic N) is 1. The van der Waals surface area contributed by atoms with Crippen LogP contribution in [0.2, 0.25) is 0 Å². The Kier molecular flexibility index (Phi) is 11.8. The molecular formula is C17H23F7N3O8P. The Morgan fingerprint density at radius 2 is 1.67 bits per heavy atom. The van der Waals surface area contributed by atoms with Crippen molar-refractivity contribution in [2.24, 2.45) is 0 Å². The minimum Gasteiger partial charge on any atom is -0.364 e. The summed E-state index contributed by atoms with van der Waals surface area (Å²) in [5.41, 5.74) is -2.12. The van der Waals surface area contributed by atoms with E-state index in [2.05, 4.69) is 9.05 Å². The van der Waals surface area contributed by atoms with Crippen LogP contribution >= 0.6 is 7.60 Å². The highest BCUT2D eigenvalue weighted by molar-refractivity contribution is 7.53. The fourth-order valence-electron chi connectivity index (χ4n) is 2.24. The molecule has 0 spiro atoms. The molecule has 36 heavy (non-hydrogen) atoms. The van der Waals surface area contributed by atoms with E-state index >= 15 is 0 Å². The maximum absolute atomic E-state index is 14.4. The van der Waals surface area contributed by atoms with Gasteiger partial charge in [-0.05, 0) is 13.3 Å². The molecule has 0 aliphatic heterocycles. The summed E-state index contributed by atoms with van der Waals surface area (Å²) < 4.78 is 114. The van der Waals surface area contributed by atoms with Gasteiger partial charge in [-0.25, -0.2) is 10.3 Å². The van der Waals surface area contributed by atoms with E-state index in [1.807, 2.05) is 17.4 Å². The van der Waals surface area contributed by atoms with Crippen LogP contribution in [-0.4, -0.2) is 60.1 Å². The molecular weight excluding hydrogens is 538 g/mol. The number of alkyl halides is 6. The van der Waals surface area contributed by atoms with Crippen molar-refractivity contribution in [1.82, 2.24) is 15.0 Å². The highest BCUT2D eigenvalue weighted by atomic mass is 31.2. The highest BCUT2D eigenvalue weighted by Gasteiger charge is 2.39. The van der Waals surface area contributed by atoms with Crippen molar-refractivity contribution < 1.29 is 58.7 Å². The molecule has 0 aliphatic rings. The van der Waals surface area contributed by atoms with Crippen molar-refractivity contribution in [3.8, 4) is 0 Å². The van der Waals surface area contributed by atoms with E-state index in [1.54, 1.807) is 0 Å². The van der Waals surface area contributed by atoms with Crippen LogP contribution in [0.25, 0.3) is 0 Å². The van der Waals surface area contributed by atoms with Crippen LogP contribution in [-0.2, 0) is 29.7 Å². The quantitative estimate of drug-likeness (QED) is 0.153. The molecule has 19 heteroatoms. The van der Waals surface area contributed by atoms with E-state index in [4.69, 9.17) is 9.57 Å². The predicted molar refractivity (Wildman–Crippen MR) is 107 cm³/mol. The molecule has 1 heterocycles. The molecule has 0 aliphatic carbocycles. The number of carbonyl (C=O) groups excluding carboxylic acids is 1. The molecule has 0 radical (unpaired) electrons. The largest absolute Gasteiger partial charge is 0.412 e. The lowest BCUT2D eigenvalue weighted by molar-refractivity contribution is -0.166. The second kappa shape index (κ2) is 13.3. The third-order valence-electron chi connectivity index (χ3n) is 3.93. The van der Waals surface area contributed by atoms with Crippen molar-refractivity contribution in [2.45, 2.75) is 51.7 Å². The zero-order valence-corrected chi connectivity index (χ0v) is 19.7. The Morgan fingerprint density at radius 3 is 2.17 bits per heavy atom. The number of aromatic nitrogens is 2. The molecule has 0 unspecified atom stereocenters. The number of rotatable bonds is 14. The molecule has 0 saturated carbocycles. The number of nitrogens with one attached hydrogen (secondary N) is 2. The van der Waals surface area contributed by atoms with E-state index in [0.29, 0.717) is 6.42 Å². The summed E-state index contributed by atoms with van der Waals surface area (Å²) in [5.74, 6) is -2.95. The van der Waals surface area contributed by atoms with E-state index in [0.717, 1.165) is 13.3 Å². The van der Waals surface area contributed by atoms with E-state index < -0.39 is 80.8 Å². The van der Waals surface area contributed by atoms with Gasteiger partial charge >= 0.3 is 25.6 Å². The highest BCUT2D eigenvalue weighted by Crippen LogP contribution is 2.50. The Balaban J connectivity index is 2.93. The van der Waals surface area contributed by atoms with Crippen LogP contribution in [0.5, 0.6) is 0 Å². The van der Waals surface area contributed by atoms with Gasteiger partial charge in [0.05, 0.1) is 19.3 Å². The van der Waals surface area contributed by atoms with Crippen LogP contribution in [0.15, 0.2) is 9.59 Å². The predicted octanol–water partition coefficient (Wildman–Crippen LogP) is 2.85. The van der Waals surface area contributed by atoms with E-state index in [1.165, 1.54) is 0 Å². The monoisotopic (exact) mass is 561 g/mol. The normalized spacial score (nSPS) is 13.6. The van der Waals surface area contributed by atoms with Crippen LogP contribution in [0, 0.1) is 5.82 Å². The van der Waals surface area contributed by atoms with Gasteiger partial charge < -0.3 is 4.74 Å². The van der Waals surface area contributed by atoms with Gasteiger partial charge in [-0.1, -0.05) is 13.3 Å². The summed E-state index contributed by atoms with van der Waals surface area (Å²) in [4.78, 5) is 42.8. The third kappa shape index (κ3) is 11.2. The number of unbranched alkanes of at least 4 members (excludes halogenated alkanes) is 1. The number of hydroxylamine groups is 1. The lowest BCUT2D eigenvalue weighted by Gasteiger charge is -2.22. The van der Waals surface area contributed by atoms with Crippen LogP contribution in [0.1, 0.15) is 37.2 Å². The third-order valence-corrected chi connectivity index (χ3v) is 5.44. The first-order valence-electron chi connectivity index (χ1n) is 10.1. The zero-order valence-electron chi connectivity index (χ0n) is 18.8. The van der Waals surface area contributed by atoms with Crippen molar-refractivity contribution in [3.63, 3.8) is 0 Å². The molecule has 1 aromatic rings. The molecule has 1 atom stereocenters. The van der Waals surface area contributed by atoms with Gasteiger partial charge in [-0.3, -0.25) is 37.6 Å². The van der Waals surface area contributed by atoms with Gasteiger partial charge in [0.2, 0.25) is 5.82 Å². The number of ether oxygens (including phenoxy) is 1. The maximum Gasteiger partial charge on any atom is 0.412 e. The average molecular weight is 561 g/mol. The first-order valence-corrected chi connectivity index (χ1v) is 11.8. The first kappa shape index (κ1) is 31.8. The van der Waals surface area contributed by atoms with Gasteiger partial charge in [-0.15, -0.1) is 0 Å². The number of carbonyl (C=O) groups is 1. The molecule has 0 aromatic carbocycles. The molecule has 1 rings (SSSR count). The summed E-state index contributed by atoms with van der Waals surface area (Å²) in [6.07, 6.45) is -11.7. The van der Waals surface area contributed by atoms with E-state index in [9.17, 15) is 49.7 Å².